The van der Waals surface area contributed by atoms with E-state index in [9.17, 15) is 4.79 Å². The molecule has 0 saturated carbocycles. The van der Waals surface area contributed by atoms with Crippen LogP contribution in [0.2, 0.25) is 0 Å². The summed E-state index contributed by atoms with van der Waals surface area (Å²) >= 11 is 7.08. The molecule has 0 atom stereocenters. The molecule has 0 spiro atoms. The van der Waals surface area contributed by atoms with Gasteiger partial charge in [0, 0.05) is 42.9 Å². The van der Waals surface area contributed by atoms with Crippen molar-refractivity contribution in [2.75, 3.05) is 46.4 Å². The monoisotopic (exact) mass is 532 g/mol. The number of carbonyl (C=O) groups is 1. The number of rotatable bonds is 15. The number of hydrogen-bond acceptors (Lipinski definition) is 6. The van der Waals surface area contributed by atoms with Gasteiger partial charge in [-0.2, -0.15) is 0 Å². The number of nitrogens with zero attached hydrogens (tertiary/aromatic N) is 1. The number of likely N-dealkylation sites (tertiary alicyclic amines) is 1. The number of nitrogens with one attached hydrogen (secondary N) is 3. The predicted octanol–water partition coefficient (Wildman–Crippen LogP) is 4.11. The molecule has 1 aliphatic heterocycles. The summed E-state index contributed by atoms with van der Waals surface area (Å²) in [5.41, 5.74) is 1.22. The van der Waals surface area contributed by atoms with Gasteiger partial charge in [-0.15, -0.1) is 11.3 Å². The zero-order chi connectivity index (χ0) is 25.4. The summed E-state index contributed by atoms with van der Waals surface area (Å²) in [6.45, 7) is 6.11. The number of methoxy groups -OCH3 is 1. The number of ether oxygens (including phenoxy) is 2. The third kappa shape index (κ3) is 11.1. The van der Waals surface area contributed by atoms with Crippen molar-refractivity contribution in [1.82, 2.24) is 20.9 Å². The summed E-state index contributed by atoms with van der Waals surface area (Å²) in [5, 5.41) is 12.0. The maximum absolute atomic E-state index is 12.0. The molecule has 1 amide bonds. The molecule has 1 aliphatic rings. The van der Waals surface area contributed by atoms with Gasteiger partial charge in [0.2, 0.25) is 5.91 Å². The lowest BCUT2D eigenvalue weighted by Gasteiger charge is -2.25. The number of thiophene rings is 1. The van der Waals surface area contributed by atoms with Crippen molar-refractivity contribution in [2.24, 2.45) is 0 Å². The third-order valence-electron chi connectivity index (χ3n) is 6.09. The smallest absolute Gasteiger partial charge is 0.220 e. The van der Waals surface area contributed by atoms with Crippen molar-refractivity contribution in [1.29, 1.82) is 0 Å². The molecule has 0 aliphatic carbocycles. The highest BCUT2D eigenvalue weighted by Crippen LogP contribution is 2.24. The molecule has 1 saturated heterocycles. The van der Waals surface area contributed by atoms with Crippen LogP contribution in [0.15, 0.2) is 35.7 Å². The van der Waals surface area contributed by atoms with Crippen molar-refractivity contribution in [3.05, 3.63) is 46.2 Å². The van der Waals surface area contributed by atoms with Gasteiger partial charge in [-0.3, -0.25) is 9.69 Å². The Morgan fingerprint density at radius 3 is 2.53 bits per heavy atom. The summed E-state index contributed by atoms with van der Waals surface area (Å²) in [4.78, 5) is 15.9. The van der Waals surface area contributed by atoms with Gasteiger partial charge in [0.15, 0.2) is 5.11 Å². The molecule has 0 radical (unpaired) electrons. The van der Waals surface area contributed by atoms with Crippen molar-refractivity contribution >= 4 is 34.6 Å². The van der Waals surface area contributed by atoms with Crippen LogP contribution in [0.4, 0.5) is 0 Å². The molecule has 1 aromatic heterocycles. The Balaban J connectivity index is 1.14. The van der Waals surface area contributed by atoms with E-state index in [-0.39, 0.29) is 5.91 Å². The molecular formula is C27H40N4O3S2. The minimum Gasteiger partial charge on any atom is -0.497 e. The van der Waals surface area contributed by atoms with Crippen molar-refractivity contribution in [3.63, 3.8) is 0 Å². The molecular weight excluding hydrogens is 492 g/mol. The van der Waals surface area contributed by atoms with Crippen LogP contribution in [0.5, 0.6) is 11.5 Å². The quantitative estimate of drug-likeness (QED) is 0.235. The van der Waals surface area contributed by atoms with Crippen LogP contribution in [0.3, 0.4) is 0 Å². The number of thiocarbonyl (C=S) groups is 1. The third-order valence-corrected chi connectivity index (χ3v) is 7.28. The van der Waals surface area contributed by atoms with E-state index in [4.69, 9.17) is 21.7 Å². The molecule has 7 nitrogen and oxygen atoms in total. The van der Waals surface area contributed by atoms with Crippen molar-refractivity contribution in [3.8, 4) is 11.5 Å². The zero-order valence-electron chi connectivity index (χ0n) is 21.4. The SMILES string of the molecule is COc1ccc(CCNC(=S)NCCCC(=O)NCCCOc2csc(CN3CCCCC3)c2)cc1. The highest BCUT2D eigenvalue weighted by molar-refractivity contribution is 7.80. The summed E-state index contributed by atoms with van der Waals surface area (Å²) < 4.78 is 11.0. The Hall–Kier alpha value is -2.36. The topological polar surface area (TPSA) is 74.9 Å². The number of amides is 1. The Labute approximate surface area is 224 Å². The van der Waals surface area contributed by atoms with Crippen molar-refractivity contribution < 1.29 is 14.3 Å². The normalized spacial score (nSPS) is 13.7. The van der Waals surface area contributed by atoms with Crippen LogP contribution in [0.1, 0.15) is 49.0 Å². The van der Waals surface area contributed by atoms with Crippen molar-refractivity contribution in [2.45, 2.75) is 51.5 Å². The van der Waals surface area contributed by atoms with E-state index in [0.29, 0.717) is 31.2 Å². The second-order valence-corrected chi connectivity index (χ2v) is 10.4. The molecule has 3 rings (SSSR count). The molecule has 2 aromatic rings. The average Bonchev–Trinajstić information content (AvgIpc) is 3.34. The summed E-state index contributed by atoms with van der Waals surface area (Å²) in [6.07, 6.45) is 6.87. The zero-order valence-corrected chi connectivity index (χ0v) is 23.0. The van der Waals surface area contributed by atoms with E-state index in [1.165, 1.54) is 42.8 Å². The van der Waals surface area contributed by atoms with Gasteiger partial charge in [0.1, 0.15) is 11.5 Å². The molecule has 198 valence electrons. The molecule has 2 heterocycles. The van der Waals surface area contributed by atoms with E-state index >= 15 is 0 Å². The van der Waals surface area contributed by atoms with Crippen LogP contribution < -0.4 is 25.4 Å². The number of carbonyl (C=O) groups excluding carboxylic acids is 1. The molecule has 1 aromatic carbocycles. The van der Waals surface area contributed by atoms with Gasteiger partial charge < -0.3 is 25.4 Å². The van der Waals surface area contributed by atoms with Crippen LogP contribution in [0.25, 0.3) is 0 Å². The van der Waals surface area contributed by atoms with Crippen LogP contribution in [-0.4, -0.2) is 62.4 Å². The molecule has 36 heavy (non-hydrogen) atoms. The lowest BCUT2D eigenvalue weighted by molar-refractivity contribution is -0.121. The second kappa shape index (κ2) is 16.4. The van der Waals surface area contributed by atoms with E-state index < -0.39 is 0 Å². The maximum Gasteiger partial charge on any atom is 0.220 e. The average molecular weight is 533 g/mol. The Bertz CT molecular complexity index is 914. The first kappa shape index (κ1) is 28.2. The van der Waals surface area contributed by atoms with E-state index in [2.05, 4.69) is 44.4 Å². The molecule has 1 fully saturated rings. The van der Waals surface area contributed by atoms with E-state index in [0.717, 1.165) is 43.9 Å². The summed E-state index contributed by atoms with van der Waals surface area (Å²) in [7, 11) is 1.66. The minimum absolute atomic E-state index is 0.0644. The second-order valence-electron chi connectivity index (χ2n) is 9.02. The highest BCUT2D eigenvalue weighted by atomic mass is 32.1. The largest absolute Gasteiger partial charge is 0.497 e. The fraction of sp³-hybridized carbons (Fsp3) is 0.556. The predicted molar refractivity (Wildman–Crippen MR) is 151 cm³/mol. The molecule has 9 heteroatoms. The first-order chi connectivity index (χ1) is 17.6. The van der Waals surface area contributed by atoms with Gasteiger partial charge in [0.05, 0.1) is 13.7 Å². The first-order valence-electron chi connectivity index (χ1n) is 13.0. The Morgan fingerprint density at radius 1 is 1.00 bits per heavy atom. The summed E-state index contributed by atoms with van der Waals surface area (Å²) in [6, 6.07) is 10.2. The molecule has 3 N–H and O–H groups in total. The van der Waals surface area contributed by atoms with Crippen LogP contribution in [-0.2, 0) is 17.8 Å². The van der Waals surface area contributed by atoms with Gasteiger partial charge in [0.25, 0.3) is 0 Å². The number of benzene rings is 1. The standard InChI is InChI=1S/C27H40N4O3S2/c1-33-23-10-8-22(9-11-23)12-15-30-27(35)29-13-5-7-26(32)28-14-6-18-34-24-19-25(36-21-24)20-31-16-3-2-4-17-31/h8-11,19,21H,2-7,12-18,20H2,1H3,(H,28,32)(H2,29,30,35). The number of hydrogen-bond donors (Lipinski definition) is 3. The Morgan fingerprint density at radius 2 is 1.75 bits per heavy atom. The fourth-order valence-corrected chi connectivity index (χ4v) is 5.11. The van der Waals surface area contributed by atoms with Gasteiger partial charge in [-0.1, -0.05) is 18.6 Å². The lowest BCUT2D eigenvalue weighted by atomic mass is 10.1. The maximum atomic E-state index is 12.0. The van der Waals surface area contributed by atoms with Gasteiger partial charge in [-0.25, -0.2) is 0 Å². The number of piperidine rings is 1. The molecule has 0 bridgehead atoms. The summed E-state index contributed by atoms with van der Waals surface area (Å²) in [5.74, 6) is 1.86. The lowest BCUT2D eigenvalue weighted by Crippen LogP contribution is -2.37. The highest BCUT2D eigenvalue weighted by Gasteiger charge is 2.12. The Kier molecular flexibility index (Phi) is 12.9. The van der Waals surface area contributed by atoms with E-state index in [1.807, 2.05) is 12.1 Å². The first-order valence-corrected chi connectivity index (χ1v) is 14.2. The minimum atomic E-state index is 0.0644. The van der Waals surface area contributed by atoms with Gasteiger partial charge >= 0.3 is 0 Å². The van der Waals surface area contributed by atoms with Crippen LogP contribution in [0, 0.1) is 0 Å². The van der Waals surface area contributed by atoms with Crippen LogP contribution >= 0.6 is 23.6 Å². The van der Waals surface area contributed by atoms with E-state index in [1.54, 1.807) is 18.4 Å². The molecule has 0 unspecified atom stereocenters. The van der Waals surface area contributed by atoms with Gasteiger partial charge in [-0.05, 0) is 81.2 Å². The fourth-order valence-electron chi connectivity index (χ4n) is 4.06.